The molecule has 0 unspecified atom stereocenters. The predicted octanol–water partition coefficient (Wildman–Crippen LogP) is 5.16. The van der Waals surface area contributed by atoms with E-state index in [2.05, 4.69) is 61.6 Å². The van der Waals surface area contributed by atoms with Crippen molar-refractivity contribution in [3.8, 4) is 0 Å². The smallest absolute Gasteiger partial charge is 0.223 e. The first-order valence-corrected chi connectivity index (χ1v) is 9.78. The van der Waals surface area contributed by atoms with E-state index in [-0.39, 0.29) is 5.91 Å². The Labute approximate surface area is 153 Å². The highest BCUT2D eigenvalue weighted by atomic mass is 32.1. The molecule has 0 saturated carbocycles. The summed E-state index contributed by atoms with van der Waals surface area (Å²) in [5, 5.41) is 3.36. The van der Waals surface area contributed by atoms with Crippen LogP contribution < -0.4 is 0 Å². The second kappa shape index (κ2) is 7.87. The molecule has 2 heterocycles. The second-order valence-electron chi connectivity index (χ2n) is 7.05. The number of fused-ring (bicyclic) bond motifs is 1. The maximum Gasteiger partial charge on any atom is 0.223 e. The van der Waals surface area contributed by atoms with Crippen LogP contribution in [0.25, 0.3) is 10.9 Å². The Morgan fingerprint density at radius 2 is 2.04 bits per heavy atom. The van der Waals surface area contributed by atoms with Crippen molar-refractivity contribution in [1.82, 2.24) is 9.88 Å². The van der Waals surface area contributed by atoms with Crippen molar-refractivity contribution >= 4 is 28.1 Å². The number of aryl methyl sites for hydroxylation is 1. The lowest BCUT2D eigenvalue weighted by atomic mass is 10.1. The molecule has 0 aliphatic rings. The second-order valence-corrected chi connectivity index (χ2v) is 8.05. The Balaban J connectivity index is 1.74. The van der Waals surface area contributed by atoms with Gasteiger partial charge in [-0.15, -0.1) is 11.3 Å². The van der Waals surface area contributed by atoms with Gasteiger partial charge in [-0.2, -0.15) is 0 Å². The number of aromatic amines is 1. The monoisotopic (exact) mass is 354 g/mol. The zero-order chi connectivity index (χ0) is 17.8. The Hall–Kier alpha value is -2.07. The highest BCUT2D eigenvalue weighted by Gasteiger charge is 2.17. The summed E-state index contributed by atoms with van der Waals surface area (Å²) in [7, 11) is 0. The van der Waals surface area contributed by atoms with Crippen molar-refractivity contribution in [2.75, 3.05) is 6.54 Å². The van der Waals surface area contributed by atoms with Gasteiger partial charge in [0.05, 0.1) is 6.54 Å². The van der Waals surface area contributed by atoms with Gasteiger partial charge in [-0.05, 0) is 47.9 Å². The largest absolute Gasteiger partial charge is 0.361 e. The number of rotatable bonds is 7. The number of benzene rings is 1. The van der Waals surface area contributed by atoms with E-state index in [1.807, 2.05) is 11.0 Å². The summed E-state index contributed by atoms with van der Waals surface area (Å²) in [5.74, 6) is 0.634. The highest BCUT2D eigenvalue weighted by molar-refractivity contribution is 7.10. The molecule has 0 atom stereocenters. The molecule has 1 amide bonds. The predicted molar refractivity (Wildman–Crippen MR) is 106 cm³/mol. The zero-order valence-electron chi connectivity index (χ0n) is 15.2. The van der Waals surface area contributed by atoms with Crippen molar-refractivity contribution in [2.24, 2.45) is 5.92 Å². The quantitative estimate of drug-likeness (QED) is 0.625. The van der Waals surface area contributed by atoms with E-state index in [1.54, 1.807) is 11.3 Å². The van der Waals surface area contributed by atoms with Gasteiger partial charge in [-0.25, -0.2) is 0 Å². The summed E-state index contributed by atoms with van der Waals surface area (Å²) in [4.78, 5) is 19.4. The fourth-order valence-electron chi connectivity index (χ4n) is 3.10. The molecule has 1 N–H and O–H groups in total. The Morgan fingerprint density at radius 1 is 1.24 bits per heavy atom. The number of carbonyl (C=O) groups is 1. The van der Waals surface area contributed by atoms with Crippen molar-refractivity contribution in [1.29, 1.82) is 0 Å². The summed E-state index contributed by atoms with van der Waals surface area (Å²) in [6.07, 6.45) is 3.56. The summed E-state index contributed by atoms with van der Waals surface area (Å²) in [6.45, 7) is 7.80. The van der Waals surface area contributed by atoms with Crippen molar-refractivity contribution in [3.63, 3.8) is 0 Å². The Morgan fingerprint density at radius 3 is 2.76 bits per heavy atom. The molecule has 2 aromatic heterocycles. The van der Waals surface area contributed by atoms with Gasteiger partial charge in [0.15, 0.2) is 0 Å². The lowest BCUT2D eigenvalue weighted by Crippen LogP contribution is -2.33. The van der Waals surface area contributed by atoms with Gasteiger partial charge in [0.25, 0.3) is 0 Å². The van der Waals surface area contributed by atoms with Crippen molar-refractivity contribution < 1.29 is 4.79 Å². The van der Waals surface area contributed by atoms with E-state index in [9.17, 15) is 4.79 Å². The summed E-state index contributed by atoms with van der Waals surface area (Å²) >= 11 is 1.74. The SMILES string of the molecule is Cc1ccsc1CN(CCc1c[nH]c2ccccc12)C(=O)CC(C)C. The Kier molecular flexibility index (Phi) is 5.59. The molecule has 25 heavy (non-hydrogen) atoms. The van der Waals surface area contributed by atoms with Gasteiger partial charge in [0.2, 0.25) is 5.91 Å². The molecule has 4 heteroatoms. The zero-order valence-corrected chi connectivity index (χ0v) is 16.0. The fraction of sp³-hybridized carbons (Fsp3) is 0.381. The van der Waals surface area contributed by atoms with Crippen LogP contribution in [0.5, 0.6) is 0 Å². The van der Waals surface area contributed by atoms with Gasteiger partial charge in [0.1, 0.15) is 0 Å². The van der Waals surface area contributed by atoms with Gasteiger partial charge in [-0.1, -0.05) is 32.0 Å². The number of hydrogen-bond acceptors (Lipinski definition) is 2. The number of nitrogens with zero attached hydrogens (tertiary/aromatic N) is 1. The average molecular weight is 355 g/mol. The Bertz CT molecular complexity index is 846. The van der Waals surface area contributed by atoms with Crippen molar-refractivity contribution in [2.45, 2.75) is 40.2 Å². The van der Waals surface area contributed by atoms with Crippen LogP contribution in [0.1, 0.15) is 36.3 Å². The van der Waals surface area contributed by atoms with Crippen LogP contribution in [0.2, 0.25) is 0 Å². The molecule has 0 aliphatic heterocycles. The molecule has 0 fully saturated rings. The maximum atomic E-state index is 12.7. The number of para-hydroxylation sites is 1. The molecule has 3 aromatic rings. The van der Waals surface area contributed by atoms with Crippen LogP contribution in [0.3, 0.4) is 0 Å². The molecule has 0 radical (unpaired) electrons. The van der Waals surface area contributed by atoms with Crippen LogP contribution in [-0.2, 0) is 17.8 Å². The topological polar surface area (TPSA) is 36.1 Å². The van der Waals surface area contributed by atoms with E-state index in [0.717, 1.165) is 25.0 Å². The first-order valence-electron chi connectivity index (χ1n) is 8.90. The molecule has 0 saturated heterocycles. The van der Waals surface area contributed by atoms with E-state index >= 15 is 0 Å². The number of amides is 1. The molecule has 0 spiro atoms. The molecule has 3 nitrogen and oxygen atoms in total. The van der Waals surface area contributed by atoms with Crippen LogP contribution in [0.4, 0.5) is 0 Å². The van der Waals surface area contributed by atoms with Crippen LogP contribution in [0.15, 0.2) is 41.9 Å². The minimum Gasteiger partial charge on any atom is -0.361 e. The first-order chi connectivity index (χ1) is 12.0. The minimum atomic E-state index is 0.252. The third kappa shape index (κ3) is 4.31. The molecular weight excluding hydrogens is 328 g/mol. The highest BCUT2D eigenvalue weighted by Crippen LogP contribution is 2.21. The minimum absolute atomic E-state index is 0.252. The molecule has 0 aliphatic carbocycles. The third-order valence-electron chi connectivity index (χ3n) is 4.56. The standard InChI is InChI=1S/C21H26N2OS/c1-15(2)12-21(24)23(14-20-16(3)9-11-25-20)10-8-17-13-22-19-7-5-4-6-18(17)19/h4-7,9,11,13,15,22H,8,10,12,14H2,1-3H3. The number of H-pyrrole nitrogens is 1. The van der Waals surface area contributed by atoms with Gasteiger partial charge in [0, 0.05) is 34.9 Å². The van der Waals surface area contributed by atoms with Crippen LogP contribution in [0, 0.1) is 12.8 Å². The van der Waals surface area contributed by atoms with E-state index < -0.39 is 0 Å². The lowest BCUT2D eigenvalue weighted by Gasteiger charge is -2.23. The fourth-order valence-corrected chi connectivity index (χ4v) is 4.02. The average Bonchev–Trinajstić information content (AvgIpc) is 3.17. The summed E-state index contributed by atoms with van der Waals surface area (Å²) < 4.78 is 0. The number of carbonyl (C=O) groups excluding carboxylic acids is 1. The maximum absolute atomic E-state index is 12.7. The number of thiophene rings is 1. The number of nitrogens with one attached hydrogen (secondary N) is 1. The third-order valence-corrected chi connectivity index (χ3v) is 5.57. The van der Waals surface area contributed by atoms with E-state index in [4.69, 9.17) is 0 Å². The molecule has 132 valence electrons. The molecule has 3 rings (SSSR count). The lowest BCUT2D eigenvalue weighted by molar-refractivity contribution is -0.132. The van der Waals surface area contributed by atoms with Gasteiger partial charge in [-0.3, -0.25) is 4.79 Å². The number of hydrogen-bond donors (Lipinski definition) is 1. The van der Waals surface area contributed by atoms with Gasteiger partial charge < -0.3 is 9.88 Å². The molecule has 1 aromatic carbocycles. The van der Waals surface area contributed by atoms with E-state index in [1.165, 1.54) is 21.4 Å². The van der Waals surface area contributed by atoms with Crippen molar-refractivity contribution in [3.05, 3.63) is 57.9 Å². The normalized spacial score (nSPS) is 11.4. The van der Waals surface area contributed by atoms with Gasteiger partial charge >= 0.3 is 0 Å². The molecular formula is C21H26N2OS. The number of aromatic nitrogens is 1. The molecule has 0 bridgehead atoms. The van der Waals surface area contributed by atoms with Crippen LogP contribution in [-0.4, -0.2) is 22.3 Å². The summed E-state index contributed by atoms with van der Waals surface area (Å²) in [6, 6.07) is 10.5. The summed E-state index contributed by atoms with van der Waals surface area (Å²) in [5.41, 5.74) is 3.71. The van der Waals surface area contributed by atoms with Crippen LogP contribution >= 0.6 is 11.3 Å². The first kappa shape index (κ1) is 17.7. The van der Waals surface area contributed by atoms with E-state index in [0.29, 0.717) is 12.3 Å².